The molecule has 4 nitrogen and oxygen atoms in total. The number of aliphatic carboxylic acids is 1. The normalized spacial score (nSPS) is 22.5. The first kappa shape index (κ1) is 13.7. The molecule has 0 aromatic heterocycles. The molecule has 1 aliphatic heterocycles. The number of rotatable bonds is 4. The van der Waals surface area contributed by atoms with Crippen LogP contribution < -0.4 is 0 Å². The maximum Gasteiger partial charge on any atom is 0.326 e. The highest BCUT2D eigenvalue weighted by atomic mass is 32.2. The van der Waals surface area contributed by atoms with E-state index in [1.54, 1.807) is 7.05 Å². The maximum absolute atomic E-state index is 11.8. The first-order chi connectivity index (χ1) is 7.52. The fourth-order valence-corrected chi connectivity index (χ4v) is 4.05. The van der Waals surface area contributed by atoms with E-state index in [2.05, 4.69) is 0 Å². The SMILES string of the molecule is CC(C(=O)O)N(C)C(=O)CC1CSCCS1. The second-order valence-electron chi connectivity index (χ2n) is 3.79. The lowest BCUT2D eigenvalue weighted by Crippen LogP contribution is -2.41. The fraction of sp³-hybridized carbons (Fsp3) is 0.800. The number of amides is 1. The highest BCUT2D eigenvalue weighted by Crippen LogP contribution is 2.26. The van der Waals surface area contributed by atoms with Crippen molar-refractivity contribution in [2.75, 3.05) is 24.3 Å². The van der Waals surface area contributed by atoms with Crippen molar-refractivity contribution < 1.29 is 14.7 Å². The zero-order chi connectivity index (χ0) is 12.1. The van der Waals surface area contributed by atoms with Crippen molar-refractivity contribution in [2.24, 2.45) is 0 Å². The number of nitrogens with zero attached hydrogens (tertiary/aromatic N) is 1. The van der Waals surface area contributed by atoms with Crippen LogP contribution in [0, 0.1) is 0 Å². The average molecular weight is 263 g/mol. The number of likely N-dealkylation sites (N-methyl/N-ethyl adjacent to an activating group) is 1. The van der Waals surface area contributed by atoms with Crippen LogP contribution in [-0.2, 0) is 9.59 Å². The predicted octanol–water partition coefficient (Wildman–Crippen LogP) is 1.16. The van der Waals surface area contributed by atoms with Gasteiger partial charge in [0, 0.05) is 36.0 Å². The Hall–Kier alpha value is -0.360. The summed E-state index contributed by atoms with van der Waals surface area (Å²) in [6.45, 7) is 1.53. The average Bonchev–Trinajstić information content (AvgIpc) is 2.28. The minimum absolute atomic E-state index is 0.0742. The zero-order valence-electron chi connectivity index (χ0n) is 9.51. The summed E-state index contributed by atoms with van der Waals surface area (Å²) in [4.78, 5) is 23.9. The number of carboxylic acid groups (broad SMARTS) is 1. The van der Waals surface area contributed by atoms with Crippen LogP contribution in [0.15, 0.2) is 0 Å². The van der Waals surface area contributed by atoms with Gasteiger partial charge in [-0.25, -0.2) is 4.79 Å². The van der Waals surface area contributed by atoms with E-state index < -0.39 is 12.0 Å². The van der Waals surface area contributed by atoms with Gasteiger partial charge in [-0.1, -0.05) is 0 Å². The Labute approximate surface area is 104 Å². The summed E-state index contributed by atoms with van der Waals surface area (Å²) < 4.78 is 0. The molecule has 1 N–H and O–H groups in total. The third-order valence-corrected chi connectivity index (χ3v) is 5.46. The van der Waals surface area contributed by atoms with Gasteiger partial charge in [0.05, 0.1) is 0 Å². The molecular weight excluding hydrogens is 246 g/mol. The second kappa shape index (κ2) is 6.39. The Balaban J connectivity index is 2.41. The Bertz CT molecular complexity index is 267. The topological polar surface area (TPSA) is 57.6 Å². The van der Waals surface area contributed by atoms with Gasteiger partial charge in [-0.3, -0.25) is 4.79 Å². The van der Waals surface area contributed by atoms with Gasteiger partial charge >= 0.3 is 5.97 Å². The van der Waals surface area contributed by atoms with Crippen molar-refractivity contribution in [3.63, 3.8) is 0 Å². The molecule has 92 valence electrons. The van der Waals surface area contributed by atoms with Crippen LogP contribution in [0.25, 0.3) is 0 Å². The summed E-state index contributed by atoms with van der Waals surface area (Å²) in [5.41, 5.74) is 0. The van der Waals surface area contributed by atoms with Crippen LogP contribution in [0.3, 0.4) is 0 Å². The first-order valence-corrected chi connectivity index (χ1v) is 7.40. The van der Waals surface area contributed by atoms with Crippen molar-refractivity contribution in [3.8, 4) is 0 Å². The Morgan fingerprint density at radius 3 is 2.69 bits per heavy atom. The predicted molar refractivity (Wildman–Crippen MR) is 68.1 cm³/mol. The summed E-state index contributed by atoms with van der Waals surface area (Å²) in [7, 11) is 1.56. The van der Waals surface area contributed by atoms with E-state index in [1.807, 2.05) is 23.5 Å². The highest BCUT2D eigenvalue weighted by molar-refractivity contribution is 8.06. The summed E-state index contributed by atoms with van der Waals surface area (Å²) >= 11 is 3.68. The Kier molecular flexibility index (Phi) is 5.48. The molecule has 0 saturated carbocycles. The lowest BCUT2D eigenvalue weighted by molar-refractivity contribution is -0.148. The van der Waals surface area contributed by atoms with Gasteiger partial charge in [-0.15, -0.1) is 0 Å². The number of thioether (sulfide) groups is 2. The molecule has 1 rings (SSSR count). The molecule has 1 fully saturated rings. The van der Waals surface area contributed by atoms with Crippen molar-refractivity contribution in [1.82, 2.24) is 4.90 Å². The van der Waals surface area contributed by atoms with Crippen molar-refractivity contribution in [2.45, 2.75) is 24.6 Å². The Morgan fingerprint density at radius 1 is 1.50 bits per heavy atom. The standard InChI is InChI=1S/C10H17NO3S2/c1-7(10(13)14)11(2)9(12)5-8-6-15-3-4-16-8/h7-8H,3-6H2,1-2H3,(H,13,14). The van der Waals surface area contributed by atoms with Gasteiger partial charge in [0.1, 0.15) is 6.04 Å². The molecular formula is C10H17NO3S2. The minimum atomic E-state index is -0.957. The molecule has 0 aromatic carbocycles. The van der Waals surface area contributed by atoms with Crippen LogP contribution in [-0.4, -0.2) is 57.5 Å². The number of carbonyl (C=O) groups is 2. The molecule has 0 bridgehead atoms. The van der Waals surface area contributed by atoms with E-state index in [0.29, 0.717) is 11.7 Å². The number of hydrogen-bond acceptors (Lipinski definition) is 4. The molecule has 1 saturated heterocycles. The van der Waals surface area contributed by atoms with Crippen molar-refractivity contribution in [3.05, 3.63) is 0 Å². The fourth-order valence-electron chi connectivity index (χ4n) is 1.37. The van der Waals surface area contributed by atoms with Gasteiger partial charge in [0.25, 0.3) is 0 Å². The summed E-state index contributed by atoms with van der Waals surface area (Å²) in [6, 6.07) is -0.742. The second-order valence-corrected chi connectivity index (χ2v) is 6.35. The highest BCUT2D eigenvalue weighted by Gasteiger charge is 2.25. The van der Waals surface area contributed by atoms with E-state index in [-0.39, 0.29) is 5.91 Å². The molecule has 1 aliphatic rings. The molecule has 1 amide bonds. The monoisotopic (exact) mass is 263 g/mol. The van der Waals surface area contributed by atoms with Crippen LogP contribution in [0.5, 0.6) is 0 Å². The van der Waals surface area contributed by atoms with E-state index in [9.17, 15) is 9.59 Å². The van der Waals surface area contributed by atoms with E-state index in [4.69, 9.17) is 5.11 Å². The van der Waals surface area contributed by atoms with Gasteiger partial charge in [-0.05, 0) is 6.92 Å². The first-order valence-electron chi connectivity index (χ1n) is 5.20. The molecule has 0 radical (unpaired) electrons. The summed E-state index contributed by atoms with van der Waals surface area (Å²) in [5, 5.41) is 9.15. The minimum Gasteiger partial charge on any atom is -0.480 e. The van der Waals surface area contributed by atoms with Crippen molar-refractivity contribution in [1.29, 1.82) is 0 Å². The quantitative estimate of drug-likeness (QED) is 0.825. The number of hydrogen-bond donors (Lipinski definition) is 1. The molecule has 16 heavy (non-hydrogen) atoms. The number of carboxylic acids is 1. The zero-order valence-corrected chi connectivity index (χ0v) is 11.1. The molecule has 1 heterocycles. The van der Waals surface area contributed by atoms with Crippen LogP contribution in [0.1, 0.15) is 13.3 Å². The van der Waals surface area contributed by atoms with Gasteiger partial charge in [0.15, 0.2) is 0 Å². The van der Waals surface area contributed by atoms with Crippen LogP contribution in [0.2, 0.25) is 0 Å². The van der Waals surface area contributed by atoms with E-state index in [0.717, 1.165) is 17.3 Å². The third kappa shape index (κ3) is 3.90. The summed E-state index contributed by atoms with van der Waals surface area (Å²) in [5.74, 6) is 2.19. The molecule has 0 spiro atoms. The largest absolute Gasteiger partial charge is 0.480 e. The number of carbonyl (C=O) groups excluding carboxylic acids is 1. The van der Waals surface area contributed by atoms with Gasteiger partial charge < -0.3 is 10.0 Å². The maximum atomic E-state index is 11.8. The third-order valence-electron chi connectivity index (χ3n) is 2.62. The van der Waals surface area contributed by atoms with Gasteiger partial charge in [0.2, 0.25) is 5.91 Å². The van der Waals surface area contributed by atoms with Crippen LogP contribution >= 0.6 is 23.5 Å². The molecule has 0 aliphatic carbocycles. The van der Waals surface area contributed by atoms with Gasteiger partial charge in [-0.2, -0.15) is 23.5 Å². The van der Waals surface area contributed by atoms with E-state index >= 15 is 0 Å². The van der Waals surface area contributed by atoms with E-state index in [1.165, 1.54) is 11.8 Å². The lowest BCUT2D eigenvalue weighted by atomic mass is 10.2. The molecule has 2 atom stereocenters. The molecule has 0 aromatic rings. The van der Waals surface area contributed by atoms with Crippen molar-refractivity contribution >= 4 is 35.4 Å². The van der Waals surface area contributed by atoms with Crippen LogP contribution in [0.4, 0.5) is 0 Å². The smallest absolute Gasteiger partial charge is 0.326 e. The molecule has 6 heteroatoms. The molecule has 2 unspecified atom stereocenters. The summed E-state index contributed by atoms with van der Waals surface area (Å²) in [6.07, 6.45) is 0.450. The Morgan fingerprint density at radius 2 is 2.19 bits per heavy atom. The lowest BCUT2D eigenvalue weighted by Gasteiger charge is -2.25.